The van der Waals surface area contributed by atoms with Gasteiger partial charge in [-0.3, -0.25) is 0 Å². The summed E-state index contributed by atoms with van der Waals surface area (Å²) in [6.45, 7) is 5.68. The van der Waals surface area contributed by atoms with E-state index >= 15 is 0 Å². The first-order valence-electron chi connectivity index (χ1n) is 7.53. The smallest absolute Gasteiger partial charge is 0.338 e. The van der Waals surface area contributed by atoms with Crippen LogP contribution in [-0.2, 0) is 12.7 Å². The molecule has 1 saturated heterocycles. The minimum atomic E-state index is -4.40. The lowest BCUT2D eigenvalue weighted by atomic mass is 10.2. The molecule has 1 aliphatic rings. The van der Waals surface area contributed by atoms with Crippen LogP contribution in [0, 0.1) is 5.92 Å². The molecule has 0 amide bonds. The number of hydrogen-bond donors (Lipinski definition) is 0. The molecule has 9 heteroatoms. The molecule has 0 spiro atoms. The van der Waals surface area contributed by atoms with Gasteiger partial charge in [-0.2, -0.15) is 13.2 Å². The summed E-state index contributed by atoms with van der Waals surface area (Å²) in [6, 6.07) is -0.0662. The molecule has 5 nitrogen and oxygen atoms in total. The van der Waals surface area contributed by atoms with Gasteiger partial charge in [0.2, 0.25) is 0 Å². The van der Waals surface area contributed by atoms with E-state index in [1.807, 2.05) is 9.47 Å². The Hall–Kier alpha value is -1.64. The minimum absolute atomic E-state index is 0.0662. The number of thiazole rings is 1. The lowest BCUT2D eigenvalue weighted by Crippen LogP contribution is -2.26. The molecule has 3 heterocycles. The predicted octanol–water partition coefficient (Wildman–Crippen LogP) is 3.75. The van der Waals surface area contributed by atoms with Crippen LogP contribution in [0.5, 0.6) is 0 Å². The third-order valence-corrected chi connectivity index (χ3v) is 4.66. The largest absolute Gasteiger partial charge is 0.434 e. The van der Waals surface area contributed by atoms with Crippen molar-refractivity contribution in [2.45, 2.75) is 45.5 Å². The molecule has 3 rings (SSSR count). The van der Waals surface area contributed by atoms with Crippen LogP contribution < -0.4 is 4.90 Å². The van der Waals surface area contributed by atoms with Gasteiger partial charge >= 0.3 is 6.18 Å². The van der Waals surface area contributed by atoms with Crippen molar-refractivity contribution in [1.29, 1.82) is 0 Å². The topological polar surface area (TPSA) is 46.8 Å². The Labute approximate surface area is 136 Å². The second kappa shape index (κ2) is 6.10. The molecule has 0 aromatic carbocycles. The molecule has 0 aliphatic carbocycles. The van der Waals surface area contributed by atoms with Gasteiger partial charge < -0.3 is 9.47 Å². The highest BCUT2D eigenvalue weighted by atomic mass is 32.1. The zero-order chi connectivity index (χ0) is 16.6. The van der Waals surface area contributed by atoms with E-state index in [0.29, 0.717) is 17.6 Å². The fourth-order valence-corrected chi connectivity index (χ4v) is 3.75. The molecule has 0 radical (unpaired) electrons. The summed E-state index contributed by atoms with van der Waals surface area (Å²) in [5, 5.41) is 9.66. The average molecular weight is 345 g/mol. The molecule has 2 aromatic heterocycles. The van der Waals surface area contributed by atoms with Gasteiger partial charge in [0, 0.05) is 18.5 Å². The van der Waals surface area contributed by atoms with Crippen molar-refractivity contribution in [3.8, 4) is 0 Å². The maximum atomic E-state index is 12.8. The van der Waals surface area contributed by atoms with Gasteiger partial charge in [-0.15, -0.1) is 21.5 Å². The van der Waals surface area contributed by atoms with Crippen LogP contribution in [0.25, 0.3) is 0 Å². The molecule has 126 valence electrons. The van der Waals surface area contributed by atoms with E-state index in [1.54, 1.807) is 6.33 Å². The molecule has 0 saturated carbocycles. The highest BCUT2D eigenvalue weighted by Crippen LogP contribution is 2.39. The summed E-state index contributed by atoms with van der Waals surface area (Å²) in [4.78, 5) is 5.69. The van der Waals surface area contributed by atoms with Gasteiger partial charge in [0.1, 0.15) is 6.33 Å². The quantitative estimate of drug-likeness (QED) is 0.847. The Morgan fingerprint density at radius 2 is 2.17 bits per heavy atom. The van der Waals surface area contributed by atoms with E-state index in [1.165, 1.54) is 0 Å². The minimum Gasteiger partial charge on any atom is -0.338 e. The SMILES string of the molecule is CC(C)Cn1cnnc1[C@H]1CCCN1c1nc(C(F)(F)F)cs1. The maximum absolute atomic E-state index is 12.8. The third-order valence-electron chi connectivity index (χ3n) is 3.79. The van der Waals surface area contributed by atoms with E-state index in [0.717, 1.165) is 41.9 Å². The lowest BCUT2D eigenvalue weighted by molar-refractivity contribution is -0.140. The van der Waals surface area contributed by atoms with Crippen molar-refractivity contribution < 1.29 is 13.2 Å². The van der Waals surface area contributed by atoms with E-state index in [9.17, 15) is 13.2 Å². The second-order valence-corrected chi connectivity index (χ2v) is 6.94. The summed E-state index contributed by atoms with van der Waals surface area (Å²) >= 11 is 1.03. The zero-order valence-electron chi connectivity index (χ0n) is 12.9. The number of alkyl halides is 3. The first-order chi connectivity index (χ1) is 10.9. The summed E-state index contributed by atoms with van der Waals surface area (Å²) < 4.78 is 40.3. The standard InChI is InChI=1S/C14H18F3N5S/c1-9(2)6-21-8-18-20-12(21)10-4-3-5-22(10)13-19-11(7-23-13)14(15,16)17/h7-10H,3-6H2,1-2H3/t10-/m1/s1. The van der Waals surface area contributed by atoms with Crippen molar-refractivity contribution in [3.63, 3.8) is 0 Å². The Morgan fingerprint density at radius 1 is 1.39 bits per heavy atom. The van der Waals surface area contributed by atoms with E-state index in [-0.39, 0.29) is 6.04 Å². The molecule has 2 aromatic rings. The van der Waals surface area contributed by atoms with Crippen LogP contribution >= 0.6 is 11.3 Å². The fraction of sp³-hybridized carbons (Fsp3) is 0.643. The maximum Gasteiger partial charge on any atom is 0.434 e. The van der Waals surface area contributed by atoms with Gasteiger partial charge in [0.25, 0.3) is 0 Å². The predicted molar refractivity (Wildman–Crippen MR) is 81.3 cm³/mol. The first-order valence-corrected chi connectivity index (χ1v) is 8.41. The monoisotopic (exact) mass is 345 g/mol. The number of rotatable bonds is 4. The Kier molecular flexibility index (Phi) is 4.31. The van der Waals surface area contributed by atoms with E-state index in [4.69, 9.17) is 0 Å². The number of nitrogens with zero attached hydrogens (tertiary/aromatic N) is 5. The average Bonchev–Trinajstić information content (AvgIpc) is 3.16. The summed E-state index contributed by atoms with van der Waals surface area (Å²) in [7, 11) is 0. The zero-order valence-corrected chi connectivity index (χ0v) is 13.7. The van der Waals surface area contributed by atoms with Gasteiger partial charge in [0.15, 0.2) is 16.6 Å². The van der Waals surface area contributed by atoms with Gasteiger partial charge in [-0.05, 0) is 18.8 Å². The van der Waals surface area contributed by atoms with E-state index < -0.39 is 11.9 Å². The van der Waals surface area contributed by atoms with Gasteiger partial charge in [0.05, 0.1) is 6.04 Å². The molecular formula is C14H18F3N5S. The summed E-state index contributed by atoms with van der Waals surface area (Å²) in [5.74, 6) is 1.25. The molecule has 0 N–H and O–H groups in total. The van der Waals surface area contributed by atoms with Crippen LogP contribution in [-0.4, -0.2) is 26.3 Å². The van der Waals surface area contributed by atoms with Gasteiger partial charge in [-0.25, -0.2) is 4.98 Å². The van der Waals surface area contributed by atoms with Crippen LogP contribution in [0.3, 0.4) is 0 Å². The van der Waals surface area contributed by atoms with Crippen LogP contribution in [0.15, 0.2) is 11.7 Å². The Balaban J connectivity index is 1.86. The number of aromatic nitrogens is 4. The fourth-order valence-electron chi connectivity index (χ4n) is 2.85. The first kappa shape index (κ1) is 16.2. The van der Waals surface area contributed by atoms with Crippen molar-refractivity contribution in [2.75, 3.05) is 11.4 Å². The molecule has 1 aliphatic heterocycles. The van der Waals surface area contributed by atoms with E-state index in [2.05, 4.69) is 29.0 Å². The molecule has 1 fully saturated rings. The molecular weight excluding hydrogens is 327 g/mol. The van der Waals surface area contributed by atoms with Crippen molar-refractivity contribution in [1.82, 2.24) is 19.7 Å². The number of anilines is 1. The van der Waals surface area contributed by atoms with Crippen molar-refractivity contribution in [3.05, 3.63) is 23.2 Å². The van der Waals surface area contributed by atoms with Crippen LogP contribution in [0.1, 0.15) is 44.2 Å². The lowest BCUT2D eigenvalue weighted by Gasteiger charge is -2.24. The summed E-state index contributed by atoms with van der Waals surface area (Å²) in [5.41, 5.74) is -0.827. The molecule has 1 atom stereocenters. The Morgan fingerprint density at radius 3 is 2.83 bits per heavy atom. The van der Waals surface area contributed by atoms with Crippen molar-refractivity contribution in [2.24, 2.45) is 5.92 Å². The highest BCUT2D eigenvalue weighted by molar-refractivity contribution is 7.13. The van der Waals surface area contributed by atoms with Crippen molar-refractivity contribution >= 4 is 16.5 Å². The normalized spacial score (nSPS) is 19.0. The molecule has 0 unspecified atom stereocenters. The number of hydrogen-bond acceptors (Lipinski definition) is 5. The highest BCUT2D eigenvalue weighted by Gasteiger charge is 2.37. The van der Waals surface area contributed by atoms with Gasteiger partial charge in [-0.1, -0.05) is 13.8 Å². The number of halogens is 3. The molecule has 23 heavy (non-hydrogen) atoms. The summed E-state index contributed by atoms with van der Waals surface area (Å²) in [6.07, 6.45) is -0.964. The Bertz CT molecular complexity index is 663. The second-order valence-electron chi connectivity index (χ2n) is 6.10. The third kappa shape index (κ3) is 3.34. The molecule has 0 bridgehead atoms. The van der Waals surface area contributed by atoms with Crippen LogP contribution in [0.4, 0.5) is 18.3 Å². The van der Waals surface area contributed by atoms with Crippen LogP contribution in [0.2, 0.25) is 0 Å².